The zero-order valence-electron chi connectivity index (χ0n) is 11.2. The first-order valence-electron chi connectivity index (χ1n) is 6.62. The van der Waals surface area contributed by atoms with Crippen LogP contribution in [0.5, 0.6) is 0 Å². The van der Waals surface area contributed by atoms with Crippen LogP contribution in [0, 0.1) is 11.3 Å². The highest BCUT2D eigenvalue weighted by molar-refractivity contribution is 7.91. The Morgan fingerprint density at radius 1 is 1.35 bits per heavy atom. The third-order valence-electron chi connectivity index (χ3n) is 3.30. The van der Waals surface area contributed by atoms with E-state index in [0.29, 0.717) is 18.8 Å². The molecule has 1 aliphatic heterocycles. The Morgan fingerprint density at radius 3 is 2.70 bits per heavy atom. The SMILES string of the molecule is N#Cc1ccc(NCCCN2CCS(=O)(=O)CC2)cn1. The average molecular weight is 294 g/mol. The monoisotopic (exact) mass is 294 g/mol. The summed E-state index contributed by atoms with van der Waals surface area (Å²) >= 11 is 0. The second kappa shape index (κ2) is 6.68. The number of nitrogens with zero attached hydrogens (tertiary/aromatic N) is 3. The van der Waals surface area contributed by atoms with Crippen molar-refractivity contribution in [1.82, 2.24) is 9.88 Å². The fraction of sp³-hybridized carbons (Fsp3) is 0.538. The molecule has 0 aromatic carbocycles. The molecule has 2 rings (SSSR count). The molecule has 0 spiro atoms. The standard InChI is InChI=1S/C13H18N4O2S/c14-10-12-2-3-13(11-16-12)15-4-1-5-17-6-8-20(18,19)9-7-17/h2-3,11,15H,1,4-9H2. The largest absolute Gasteiger partial charge is 0.384 e. The summed E-state index contributed by atoms with van der Waals surface area (Å²) in [6, 6.07) is 5.49. The summed E-state index contributed by atoms with van der Waals surface area (Å²) in [5, 5.41) is 11.9. The van der Waals surface area contributed by atoms with Gasteiger partial charge in [-0.05, 0) is 25.1 Å². The molecule has 0 atom stereocenters. The third kappa shape index (κ3) is 4.47. The van der Waals surface area contributed by atoms with E-state index in [1.54, 1.807) is 12.3 Å². The lowest BCUT2D eigenvalue weighted by atomic mass is 10.3. The van der Waals surface area contributed by atoms with Crippen molar-refractivity contribution in [2.45, 2.75) is 6.42 Å². The molecular formula is C13H18N4O2S. The predicted octanol–water partition coefficient (Wildman–Crippen LogP) is 0.486. The van der Waals surface area contributed by atoms with Crippen molar-refractivity contribution in [2.75, 3.05) is 43.0 Å². The number of sulfone groups is 1. The van der Waals surface area contributed by atoms with Gasteiger partial charge in [-0.2, -0.15) is 5.26 Å². The summed E-state index contributed by atoms with van der Waals surface area (Å²) in [6.07, 6.45) is 2.59. The summed E-state index contributed by atoms with van der Waals surface area (Å²) in [7, 11) is -2.79. The first kappa shape index (κ1) is 14.8. The van der Waals surface area contributed by atoms with E-state index in [0.717, 1.165) is 25.2 Å². The third-order valence-corrected chi connectivity index (χ3v) is 4.90. The molecule has 20 heavy (non-hydrogen) atoms. The molecule has 7 heteroatoms. The van der Waals surface area contributed by atoms with Crippen molar-refractivity contribution in [3.05, 3.63) is 24.0 Å². The zero-order valence-corrected chi connectivity index (χ0v) is 12.1. The molecule has 0 amide bonds. The molecule has 1 saturated heterocycles. The Kier molecular flexibility index (Phi) is 4.93. The maximum absolute atomic E-state index is 11.3. The number of nitrogens with one attached hydrogen (secondary N) is 1. The maximum atomic E-state index is 11.3. The molecule has 0 radical (unpaired) electrons. The van der Waals surface area contributed by atoms with Gasteiger partial charge in [0.2, 0.25) is 0 Å². The van der Waals surface area contributed by atoms with Crippen molar-refractivity contribution in [1.29, 1.82) is 5.26 Å². The first-order chi connectivity index (χ1) is 9.59. The molecule has 0 bridgehead atoms. The molecule has 1 N–H and O–H groups in total. The maximum Gasteiger partial charge on any atom is 0.152 e. The summed E-state index contributed by atoms with van der Waals surface area (Å²) in [5.41, 5.74) is 1.30. The fourth-order valence-electron chi connectivity index (χ4n) is 2.07. The zero-order chi connectivity index (χ0) is 14.4. The van der Waals surface area contributed by atoms with E-state index in [4.69, 9.17) is 5.26 Å². The van der Waals surface area contributed by atoms with E-state index >= 15 is 0 Å². The van der Waals surface area contributed by atoms with Crippen molar-refractivity contribution in [2.24, 2.45) is 0 Å². The second-order valence-electron chi connectivity index (χ2n) is 4.82. The number of aromatic nitrogens is 1. The minimum Gasteiger partial charge on any atom is -0.384 e. The van der Waals surface area contributed by atoms with Gasteiger partial charge in [0, 0.05) is 19.6 Å². The molecule has 108 valence electrons. The highest BCUT2D eigenvalue weighted by Gasteiger charge is 2.20. The second-order valence-corrected chi connectivity index (χ2v) is 7.12. The normalized spacial score (nSPS) is 18.4. The molecule has 0 unspecified atom stereocenters. The van der Waals surface area contributed by atoms with Gasteiger partial charge in [0.05, 0.1) is 23.4 Å². The lowest BCUT2D eigenvalue weighted by molar-refractivity contribution is 0.295. The molecule has 1 aromatic rings. The number of anilines is 1. The highest BCUT2D eigenvalue weighted by Crippen LogP contribution is 2.07. The lowest BCUT2D eigenvalue weighted by Gasteiger charge is -2.26. The van der Waals surface area contributed by atoms with Gasteiger partial charge in [-0.15, -0.1) is 0 Å². The van der Waals surface area contributed by atoms with Crippen LogP contribution in [0.1, 0.15) is 12.1 Å². The van der Waals surface area contributed by atoms with Crippen LogP contribution in [0.4, 0.5) is 5.69 Å². The molecule has 1 aliphatic rings. The quantitative estimate of drug-likeness (QED) is 0.795. The number of hydrogen-bond donors (Lipinski definition) is 1. The van der Waals surface area contributed by atoms with Crippen molar-refractivity contribution < 1.29 is 8.42 Å². The van der Waals surface area contributed by atoms with Crippen LogP contribution in [-0.4, -0.2) is 56.0 Å². The van der Waals surface area contributed by atoms with E-state index in [1.807, 2.05) is 12.1 Å². The van der Waals surface area contributed by atoms with E-state index in [9.17, 15) is 8.42 Å². The van der Waals surface area contributed by atoms with Gasteiger partial charge in [0.15, 0.2) is 9.84 Å². The van der Waals surface area contributed by atoms with Crippen LogP contribution in [0.25, 0.3) is 0 Å². The minimum absolute atomic E-state index is 0.278. The van der Waals surface area contributed by atoms with Gasteiger partial charge in [-0.3, -0.25) is 0 Å². The van der Waals surface area contributed by atoms with Crippen molar-refractivity contribution in [3.63, 3.8) is 0 Å². The van der Waals surface area contributed by atoms with Crippen molar-refractivity contribution >= 4 is 15.5 Å². The van der Waals surface area contributed by atoms with Gasteiger partial charge < -0.3 is 10.2 Å². The minimum atomic E-state index is -2.79. The molecule has 6 nitrogen and oxygen atoms in total. The molecule has 1 fully saturated rings. The van der Waals surface area contributed by atoms with Gasteiger partial charge in [-0.25, -0.2) is 13.4 Å². The van der Waals surface area contributed by atoms with Gasteiger partial charge in [0.1, 0.15) is 11.8 Å². The summed E-state index contributed by atoms with van der Waals surface area (Å²) in [4.78, 5) is 6.16. The highest BCUT2D eigenvalue weighted by atomic mass is 32.2. The van der Waals surface area contributed by atoms with Gasteiger partial charge >= 0.3 is 0 Å². The van der Waals surface area contributed by atoms with Crippen LogP contribution >= 0.6 is 0 Å². The Morgan fingerprint density at radius 2 is 2.10 bits per heavy atom. The van der Waals surface area contributed by atoms with Gasteiger partial charge in [0.25, 0.3) is 0 Å². The first-order valence-corrected chi connectivity index (χ1v) is 8.44. The Bertz CT molecular complexity index is 563. The van der Waals surface area contributed by atoms with Crippen LogP contribution in [0.3, 0.4) is 0 Å². The average Bonchev–Trinajstić information content (AvgIpc) is 2.46. The number of nitriles is 1. The Labute approximate surface area is 119 Å². The van der Waals surface area contributed by atoms with Crippen LogP contribution in [0.2, 0.25) is 0 Å². The fourth-order valence-corrected chi connectivity index (χ4v) is 3.35. The number of pyridine rings is 1. The van der Waals surface area contributed by atoms with E-state index < -0.39 is 9.84 Å². The van der Waals surface area contributed by atoms with Gasteiger partial charge in [-0.1, -0.05) is 0 Å². The molecule has 0 saturated carbocycles. The van der Waals surface area contributed by atoms with E-state index in [2.05, 4.69) is 15.2 Å². The van der Waals surface area contributed by atoms with Crippen molar-refractivity contribution in [3.8, 4) is 6.07 Å². The van der Waals surface area contributed by atoms with E-state index in [-0.39, 0.29) is 11.5 Å². The smallest absolute Gasteiger partial charge is 0.152 e. The molecule has 0 aliphatic carbocycles. The summed E-state index contributed by atoms with van der Waals surface area (Å²) < 4.78 is 22.6. The Balaban J connectivity index is 1.65. The topological polar surface area (TPSA) is 86.1 Å². The van der Waals surface area contributed by atoms with Crippen LogP contribution < -0.4 is 5.32 Å². The number of rotatable bonds is 5. The molecule has 2 heterocycles. The summed E-state index contributed by atoms with van der Waals surface area (Å²) in [5.74, 6) is 0.555. The van der Waals surface area contributed by atoms with E-state index in [1.165, 1.54) is 0 Å². The summed E-state index contributed by atoms with van der Waals surface area (Å²) in [6.45, 7) is 2.98. The van der Waals surface area contributed by atoms with Crippen LogP contribution in [0.15, 0.2) is 18.3 Å². The molecule has 1 aromatic heterocycles. The lowest BCUT2D eigenvalue weighted by Crippen LogP contribution is -2.41. The Hall–Kier alpha value is -1.65. The molecular weight excluding hydrogens is 276 g/mol. The van der Waals surface area contributed by atoms with Crippen LogP contribution in [-0.2, 0) is 9.84 Å². The predicted molar refractivity (Wildman–Crippen MR) is 77.2 cm³/mol. The number of hydrogen-bond acceptors (Lipinski definition) is 6.